The van der Waals surface area contributed by atoms with Crippen LogP contribution in [0.4, 0.5) is 5.82 Å². The monoisotopic (exact) mass is 325 g/mol. The number of nitrogens with one attached hydrogen (secondary N) is 1. The summed E-state index contributed by atoms with van der Waals surface area (Å²) in [6.45, 7) is 4.08. The van der Waals surface area contributed by atoms with Crippen molar-refractivity contribution in [2.75, 3.05) is 5.43 Å². The standard InChI is InChI=1S/C16H14N4O2S/c1-9-10(2)23-15-13(9)14(17-8-18-15)20-19-7-11-3-5-12(6-4-11)16(21)22/h3-8H,1-2H3,(H,21,22)(H,17,18,20)/p-1/b19-7-. The molecule has 0 fully saturated rings. The van der Waals surface area contributed by atoms with Gasteiger partial charge >= 0.3 is 0 Å². The van der Waals surface area contributed by atoms with Gasteiger partial charge in [0.2, 0.25) is 0 Å². The third-order valence-corrected chi connectivity index (χ3v) is 4.61. The van der Waals surface area contributed by atoms with Crippen molar-refractivity contribution in [2.45, 2.75) is 13.8 Å². The van der Waals surface area contributed by atoms with Crippen molar-refractivity contribution in [1.82, 2.24) is 9.97 Å². The topological polar surface area (TPSA) is 90.3 Å². The van der Waals surface area contributed by atoms with Gasteiger partial charge in [-0.2, -0.15) is 5.10 Å². The molecule has 0 unspecified atom stereocenters. The molecule has 0 radical (unpaired) electrons. The van der Waals surface area contributed by atoms with Gasteiger partial charge in [-0.1, -0.05) is 24.3 Å². The molecule has 6 nitrogen and oxygen atoms in total. The molecule has 0 aliphatic carbocycles. The number of rotatable bonds is 4. The summed E-state index contributed by atoms with van der Waals surface area (Å²) < 4.78 is 0. The van der Waals surface area contributed by atoms with Gasteiger partial charge in [-0.15, -0.1) is 11.3 Å². The molecule has 3 rings (SSSR count). The van der Waals surface area contributed by atoms with Gasteiger partial charge in [0.05, 0.1) is 17.6 Å². The summed E-state index contributed by atoms with van der Waals surface area (Å²) in [5.74, 6) is -0.544. The Bertz CT molecular complexity index is 900. The first-order valence-electron chi connectivity index (χ1n) is 6.87. The SMILES string of the molecule is Cc1sc2ncnc(N/N=C\c3ccc(C(=O)[O-])cc3)c2c1C. The molecule has 0 spiro atoms. The number of fused-ring (bicyclic) bond motifs is 1. The number of anilines is 1. The first kappa shape index (κ1) is 15.1. The van der Waals surface area contributed by atoms with E-state index >= 15 is 0 Å². The van der Waals surface area contributed by atoms with Crippen LogP contribution in [0.3, 0.4) is 0 Å². The van der Waals surface area contributed by atoms with E-state index in [9.17, 15) is 9.90 Å². The molecule has 0 aliphatic heterocycles. The maximum atomic E-state index is 10.7. The maximum absolute atomic E-state index is 10.7. The molecule has 2 aromatic heterocycles. The molecule has 1 N–H and O–H groups in total. The van der Waals surface area contributed by atoms with Crippen LogP contribution in [0.1, 0.15) is 26.4 Å². The number of nitrogens with zero attached hydrogens (tertiary/aromatic N) is 3. The van der Waals surface area contributed by atoms with Crippen LogP contribution >= 0.6 is 11.3 Å². The van der Waals surface area contributed by atoms with E-state index in [4.69, 9.17) is 0 Å². The zero-order chi connectivity index (χ0) is 16.4. The molecule has 116 valence electrons. The summed E-state index contributed by atoms with van der Waals surface area (Å²) in [5.41, 5.74) is 4.97. The first-order valence-corrected chi connectivity index (χ1v) is 7.69. The molecule has 3 aromatic rings. The molecule has 2 heterocycles. The Morgan fingerprint density at radius 2 is 2.00 bits per heavy atom. The minimum Gasteiger partial charge on any atom is -0.545 e. The quantitative estimate of drug-likeness (QED) is 0.586. The average Bonchev–Trinajstić information content (AvgIpc) is 2.83. The van der Waals surface area contributed by atoms with Gasteiger partial charge in [-0.25, -0.2) is 9.97 Å². The minimum atomic E-state index is -1.20. The predicted molar refractivity (Wildman–Crippen MR) is 88.9 cm³/mol. The van der Waals surface area contributed by atoms with Crippen LogP contribution in [0.5, 0.6) is 0 Å². The molecule has 0 amide bonds. The van der Waals surface area contributed by atoms with Crippen molar-refractivity contribution in [3.63, 3.8) is 0 Å². The molecule has 0 bridgehead atoms. The van der Waals surface area contributed by atoms with Crippen molar-refractivity contribution >= 4 is 39.6 Å². The summed E-state index contributed by atoms with van der Waals surface area (Å²) in [5, 5.41) is 15.8. The van der Waals surface area contributed by atoms with Gasteiger partial charge in [-0.05, 0) is 30.5 Å². The highest BCUT2D eigenvalue weighted by molar-refractivity contribution is 7.18. The highest BCUT2D eigenvalue weighted by atomic mass is 32.1. The zero-order valence-corrected chi connectivity index (χ0v) is 13.3. The molecule has 1 aromatic carbocycles. The lowest BCUT2D eigenvalue weighted by molar-refractivity contribution is -0.255. The lowest BCUT2D eigenvalue weighted by Crippen LogP contribution is -2.21. The third kappa shape index (κ3) is 3.04. The summed E-state index contributed by atoms with van der Waals surface area (Å²) in [6.07, 6.45) is 3.10. The highest BCUT2D eigenvalue weighted by Crippen LogP contribution is 2.32. The fourth-order valence-electron chi connectivity index (χ4n) is 2.14. The van der Waals surface area contributed by atoms with E-state index in [1.807, 2.05) is 13.8 Å². The number of thiophene rings is 1. The second kappa shape index (κ2) is 6.13. The van der Waals surface area contributed by atoms with Gasteiger partial charge in [0.15, 0.2) is 5.82 Å². The Balaban J connectivity index is 1.81. The van der Waals surface area contributed by atoms with Crippen LogP contribution in [-0.2, 0) is 0 Å². The molecule has 7 heteroatoms. The number of aromatic carboxylic acids is 1. The van der Waals surface area contributed by atoms with Crippen molar-refractivity contribution in [3.05, 3.63) is 52.2 Å². The van der Waals surface area contributed by atoms with E-state index in [1.54, 1.807) is 29.7 Å². The van der Waals surface area contributed by atoms with E-state index in [2.05, 4.69) is 20.5 Å². The van der Waals surface area contributed by atoms with E-state index in [1.165, 1.54) is 23.3 Å². The highest BCUT2D eigenvalue weighted by Gasteiger charge is 2.11. The second-order valence-electron chi connectivity index (χ2n) is 4.97. The van der Waals surface area contributed by atoms with Gasteiger partial charge in [-0.3, -0.25) is 5.43 Å². The number of aromatic nitrogens is 2. The number of benzene rings is 1. The number of carbonyl (C=O) groups is 1. The molecule has 0 saturated heterocycles. The fourth-order valence-corrected chi connectivity index (χ4v) is 3.14. The molecule has 0 aliphatic rings. The Morgan fingerprint density at radius 1 is 1.26 bits per heavy atom. The third-order valence-electron chi connectivity index (χ3n) is 3.50. The molecule has 0 atom stereocenters. The number of carbonyl (C=O) groups excluding carboxylic acids is 1. The number of carboxylic acid groups (broad SMARTS) is 1. The van der Waals surface area contributed by atoms with Crippen molar-refractivity contribution in [3.8, 4) is 0 Å². The summed E-state index contributed by atoms with van der Waals surface area (Å²) >= 11 is 1.62. The Hall–Kier alpha value is -2.80. The smallest absolute Gasteiger partial charge is 0.158 e. The average molecular weight is 325 g/mol. The van der Waals surface area contributed by atoms with Crippen LogP contribution in [-0.4, -0.2) is 22.2 Å². The zero-order valence-electron chi connectivity index (χ0n) is 12.5. The summed E-state index contributed by atoms with van der Waals surface area (Å²) in [7, 11) is 0. The largest absolute Gasteiger partial charge is 0.545 e. The predicted octanol–water partition coefficient (Wildman–Crippen LogP) is 2.12. The van der Waals surface area contributed by atoms with Crippen LogP contribution in [0, 0.1) is 13.8 Å². The lowest BCUT2D eigenvalue weighted by atomic mass is 10.1. The normalized spacial score (nSPS) is 11.2. The van der Waals surface area contributed by atoms with Crippen LogP contribution in [0.25, 0.3) is 10.2 Å². The van der Waals surface area contributed by atoms with Crippen molar-refractivity contribution in [1.29, 1.82) is 0 Å². The van der Waals surface area contributed by atoms with Crippen molar-refractivity contribution < 1.29 is 9.90 Å². The van der Waals surface area contributed by atoms with E-state index in [0.29, 0.717) is 5.82 Å². The maximum Gasteiger partial charge on any atom is 0.158 e. The minimum absolute atomic E-state index is 0.136. The lowest BCUT2D eigenvalue weighted by Gasteiger charge is -2.03. The number of hydrogen-bond donors (Lipinski definition) is 1. The van der Waals surface area contributed by atoms with E-state index < -0.39 is 5.97 Å². The number of carboxylic acids is 1. The Kier molecular flexibility index (Phi) is 4.03. The number of aryl methyl sites for hydroxylation is 2. The Labute approximate surface area is 136 Å². The first-order chi connectivity index (χ1) is 11.1. The second-order valence-corrected chi connectivity index (χ2v) is 6.17. The molecule has 0 saturated carbocycles. The number of hydrogen-bond acceptors (Lipinski definition) is 7. The summed E-state index contributed by atoms with van der Waals surface area (Å²) in [6, 6.07) is 6.27. The van der Waals surface area contributed by atoms with Crippen LogP contribution < -0.4 is 10.5 Å². The summed E-state index contributed by atoms with van der Waals surface area (Å²) in [4.78, 5) is 21.3. The van der Waals surface area contributed by atoms with Gasteiger partial charge in [0, 0.05) is 4.88 Å². The molecule has 23 heavy (non-hydrogen) atoms. The van der Waals surface area contributed by atoms with Gasteiger partial charge in [0.25, 0.3) is 0 Å². The Morgan fingerprint density at radius 3 is 2.70 bits per heavy atom. The van der Waals surface area contributed by atoms with E-state index in [-0.39, 0.29) is 5.56 Å². The van der Waals surface area contributed by atoms with Gasteiger partial charge in [0.1, 0.15) is 11.2 Å². The van der Waals surface area contributed by atoms with Crippen molar-refractivity contribution in [2.24, 2.45) is 5.10 Å². The van der Waals surface area contributed by atoms with Crippen LogP contribution in [0.2, 0.25) is 0 Å². The van der Waals surface area contributed by atoms with E-state index in [0.717, 1.165) is 21.3 Å². The number of hydrazone groups is 1. The van der Waals surface area contributed by atoms with Crippen LogP contribution in [0.15, 0.2) is 35.7 Å². The molecular formula is C16H13N4O2S-. The fraction of sp³-hybridized carbons (Fsp3) is 0.125. The van der Waals surface area contributed by atoms with Gasteiger partial charge < -0.3 is 9.90 Å². The molecular weight excluding hydrogens is 312 g/mol.